The van der Waals surface area contributed by atoms with Crippen LogP contribution in [0, 0.1) is 30.7 Å². The smallest absolute Gasteiger partial charge is 0.256 e. The third-order valence-corrected chi connectivity index (χ3v) is 5.27. The van der Waals surface area contributed by atoms with Crippen LogP contribution in [0.15, 0.2) is 18.2 Å². The standard InChI is InChI=1S/C24H25N3O2/c1-14(2)21-22(23(28)18-9-15(3)8-17(10-18)12-25)19(11-16-6-7-16)20(13-26-4)27-24(21)29-5/h8-10,14,16H,6-7,11,13H2,1-3,5H3. The number of carbonyl (C=O) groups is 1. The molecule has 0 radical (unpaired) electrons. The molecule has 3 rings (SSSR count). The monoisotopic (exact) mass is 387 g/mol. The lowest BCUT2D eigenvalue weighted by molar-refractivity contribution is 0.103. The van der Waals surface area contributed by atoms with E-state index >= 15 is 0 Å². The van der Waals surface area contributed by atoms with Crippen LogP contribution in [0.25, 0.3) is 4.85 Å². The van der Waals surface area contributed by atoms with Crippen molar-refractivity contribution in [2.75, 3.05) is 7.11 Å². The first-order chi connectivity index (χ1) is 13.9. The molecule has 0 atom stereocenters. The lowest BCUT2D eigenvalue weighted by Gasteiger charge is -2.21. The molecule has 29 heavy (non-hydrogen) atoms. The molecule has 0 amide bonds. The van der Waals surface area contributed by atoms with E-state index < -0.39 is 0 Å². The summed E-state index contributed by atoms with van der Waals surface area (Å²) >= 11 is 0. The molecule has 5 nitrogen and oxygen atoms in total. The first kappa shape index (κ1) is 20.6. The number of hydrogen-bond donors (Lipinski definition) is 0. The van der Waals surface area contributed by atoms with E-state index in [1.165, 1.54) is 0 Å². The van der Waals surface area contributed by atoms with Gasteiger partial charge in [0.1, 0.15) is 5.69 Å². The van der Waals surface area contributed by atoms with E-state index in [2.05, 4.69) is 15.9 Å². The highest BCUT2D eigenvalue weighted by molar-refractivity contribution is 6.11. The number of nitriles is 1. The number of aryl methyl sites for hydroxylation is 1. The zero-order chi connectivity index (χ0) is 21.1. The molecule has 1 fully saturated rings. The van der Waals surface area contributed by atoms with Crippen molar-refractivity contribution in [2.45, 2.75) is 52.5 Å². The predicted octanol–water partition coefficient (Wildman–Crippen LogP) is 5.00. The molecule has 0 bridgehead atoms. The van der Waals surface area contributed by atoms with E-state index in [0.717, 1.165) is 36.0 Å². The molecule has 148 valence electrons. The molecular weight excluding hydrogens is 362 g/mol. The summed E-state index contributed by atoms with van der Waals surface area (Å²) in [6.07, 6.45) is 3.02. The number of carbonyl (C=O) groups excluding carboxylic acids is 1. The van der Waals surface area contributed by atoms with Crippen LogP contribution in [0.2, 0.25) is 0 Å². The molecule has 1 saturated carbocycles. The van der Waals surface area contributed by atoms with Crippen molar-refractivity contribution in [2.24, 2.45) is 5.92 Å². The molecule has 0 saturated heterocycles. The topological polar surface area (TPSA) is 67.3 Å². The van der Waals surface area contributed by atoms with Gasteiger partial charge in [0.25, 0.3) is 6.54 Å². The van der Waals surface area contributed by atoms with Gasteiger partial charge < -0.3 is 9.58 Å². The molecule has 1 heterocycles. The Morgan fingerprint density at radius 3 is 2.66 bits per heavy atom. The SMILES string of the molecule is [C-]#[N+]Cc1nc(OC)c(C(C)C)c(C(=O)c2cc(C)cc(C#N)c2)c1CC1CC1. The van der Waals surface area contributed by atoms with Crippen LogP contribution >= 0.6 is 0 Å². The van der Waals surface area contributed by atoms with E-state index in [1.54, 1.807) is 19.2 Å². The molecule has 5 heteroatoms. The fourth-order valence-electron chi connectivity index (χ4n) is 3.77. The van der Waals surface area contributed by atoms with Crippen LogP contribution in [-0.4, -0.2) is 17.9 Å². The Balaban J connectivity index is 2.30. The fourth-order valence-corrected chi connectivity index (χ4v) is 3.77. The van der Waals surface area contributed by atoms with Gasteiger partial charge in [-0.1, -0.05) is 13.8 Å². The lowest BCUT2D eigenvalue weighted by atomic mass is 9.86. The maximum atomic E-state index is 13.8. The van der Waals surface area contributed by atoms with Crippen LogP contribution < -0.4 is 4.74 Å². The summed E-state index contributed by atoms with van der Waals surface area (Å²) in [5.74, 6) is 0.844. The van der Waals surface area contributed by atoms with Gasteiger partial charge in [0.05, 0.1) is 18.7 Å². The largest absolute Gasteiger partial charge is 0.481 e. The number of ketones is 1. The van der Waals surface area contributed by atoms with Crippen molar-refractivity contribution in [1.82, 2.24) is 4.98 Å². The van der Waals surface area contributed by atoms with Gasteiger partial charge in [-0.15, -0.1) is 0 Å². The Bertz CT molecular complexity index is 1040. The zero-order valence-electron chi connectivity index (χ0n) is 17.4. The molecule has 0 aliphatic heterocycles. The normalized spacial score (nSPS) is 13.1. The van der Waals surface area contributed by atoms with Crippen LogP contribution in [0.3, 0.4) is 0 Å². The minimum absolute atomic E-state index is 0.0246. The number of benzene rings is 1. The average molecular weight is 387 g/mol. The van der Waals surface area contributed by atoms with Gasteiger partial charge in [0, 0.05) is 16.7 Å². The fraction of sp³-hybridized carbons (Fsp3) is 0.417. The Morgan fingerprint density at radius 1 is 1.38 bits per heavy atom. The number of aromatic nitrogens is 1. The summed E-state index contributed by atoms with van der Waals surface area (Å²) in [5.41, 5.74) is 4.70. The minimum Gasteiger partial charge on any atom is -0.481 e. The molecule has 2 aromatic rings. The van der Waals surface area contributed by atoms with Crippen molar-refractivity contribution in [3.05, 3.63) is 68.7 Å². The quantitative estimate of drug-likeness (QED) is 0.495. The van der Waals surface area contributed by atoms with Crippen LogP contribution in [-0.2, 0) is 13.0 Å². The third-order valence-electron chi connectivity index (χ3n) is 5.27. The van der Waals surface area contributed by atoms with Gasteiger partial charge in [-0.25, -0.2) is 11.6 Å². The summed E-state index contributed by atoms with van der Waals surface area (Å²) in [7, 11) is 1.55. The van der Waals surface area contributed by atoms with Crippen LogP contribution in [0.5, 0.6) is 5.88 Å². The van der Waals surface area contributed by atoms with Crippen molar-refractivity contribution in [3.63, 3.8) is 0 Å². The predicted molar refractivity (Wildman–Crippen MR) is 111 cm³/mol. The Labute approximate surface area is 172 Å². The van der Waals surface area contributed by atoms with Gasteiger partial charge in [-0.3, -0.25) is 4.79 Å². The highest BCUT2D eigenvalue weighted by atomic mass is 16.5. The molecular formula is C24H25N3O2. The molecule has 1 aromatic heterocycles. The van der Waals surface area contributed by atoms with Gasteiger partial charge in [0.2, 0.25) is 5.88 Å². The van der Waals surface area contributed by atoms with E-state index in [1.807, 2.05) is 26.8 Å². The van der Waals surface area contributed by atoms with E-state index in [4.69, 9.17) is 11.3 Å². The number of methoxy groups -OCH3 is 1. The highest BCUT2D eigenvalue weighted by Crippen LogP contribution is 2.39. The molecule has 1 aliphatic rings. The first-order valence-corrected chi connectivity index (χ1v) is 9.88. The molecule has 0 N–H and O–H groups in total. The van der Waals surface area contributed by atoms with Crippen molar-refractivity contribution < 1.29 is 9.53 Å². The van der Waals surface area contributed by atoms with Crippen molar-refractivity contribution in [3.8, 4) is 11.9 Å². The van der Waals surface area contributed by atoms with Gasteiger partial charge >= 0.3 is 0 Å². The molecule has 1 aliphatic carbocycles. The summed E-state index contributed by atoms with van der Waals surface area (Å²) in [5, 5.41) is 9.34. The number of ether oxygens (including phenoxy) is 1. The van der Waals surface area contributed by atoms with Crippen LogP contribution in [0.4, 0.5) is 0 Å². The Kier molecular flexibility index (Phi) is 5.99. The first-order valence-electron chi connectivity index (χ1n) is 9.88. The van der Waals surface area contributed by atoms with E-state index in [9.17, 15) is 10.1 Å². The third kappa shape index (κ3) is 4.30. The Morgan fingerprint density at radius 2 is 2.10 bits per heavy atom. The number of nitrogens with zero attached hydrogens (tertiary/aromatic N) is 3. The van der Waals surface area contributed by atoms with E-state index in [-0.39, 0.29) is 18.2 Å². The van der Waals surface area contributed by atoms with Gasteiger partial charge in [0.15, 0.2) is 5.78 Å². The van der Waals surface area contributed by atoms with Crippen molar-refractivity contribution >= 4 is 5.78 Å². The minimum atomic E-state index is -0.128. The summed E-state index contributed by atoms with van der Waals surface area (Å²) in [6, 6.07) is 7.36. The van der Waals surface area contributed by atoms with Crippen molar-refractivity contribution in [1.29, 1.82) is 5.26 Å². The molecule has 1 aromatic carbocycles. The second-order valence-electron chi connectivity index (χ2n) is 7.98. The zero-order valence-corrected chi connectivity index (χ0v) is 17.4. The molecule has 0 spiro atoms. The second-order valence-corrected chi connectivity index (χ2v) is 7.98. The Hall–Kier alpha value is -3.18. The maximum absolute atomic E-state index is 13.8. The van der Waals surface area contributed by atoms with Gasteiger partial charge in [-0.05, 0) is 67.3 Å². The summed E-state index contributed by atoms with van der Waals surface area (Å²) < 4.78 is 5.55. The number of rotatable bonds is 7. The highest BCUT2D eigenvalue weighted by Gasteiger charge is 2.32. The summed E-state index contributed by atoms with van der Waals surface area (Å²) in [6.45, 7) is 13.4. The lowest BCUT2D eigenvalue weighted by Crippen LogP contribution is -2.17. The average Bonchev–Trinajstić information content (AvgIpc) is 3.51. The second kappa shape index (κ2) is 8.45. The maximum Gasteiger partial charge on any atom is 0.256 e. The number of hydrogen-bond acceptors (Lipinski definition) is 4. The van der Waals surface area contributed by atoms with Gasteiger partial charge in [-0.2, -0.15) is 5.26 Å². The van der Waals surface area contributed by atoms with Crippen LogP contribution in [0.1, 0.15) is 76.5 Å². The summed E-state index contributed by atoms with van der Waals surface area (Å²) in [4.78, 5) is 21.9. The molecule has 0 unspecified atom stereocenters. The van der Waals surface area contributed by atoms with E-state index in [0.29, 0.717) is 34.2 Å². The number of pyridine rings is 1.